The molecule has 1 N–H and O–H groups in total. The highest BCUT2D eigenvalue weighted by molar-refractivity contribution is 5.75. The third kappa shape index (κ3) is 3.61. The van der Waals surface area contributed by atoms with Crippen molar-refractivity contribution in [2.75, 3.05) is 0 Å². The second kappa shape index (κ2) is 6.63. The number of hydrogen-bond donors (Lipinski definition) is 1. The molecular formula is C13H17N5O. The summed E-state index contributed by atoms with van der Waals surface area (Å²) in [6.45, 7) is 2.40. The highest BCUT2D eigenvalue weighted by Gasteiger charge is 2.09. The Morgan fingerprint density at radius 2 is 2.11 bits per heavy atom. The van der Waals surface area contributed by atoms with Crippen LogP contribution in [0, 0.1) is 0 Å². The Hall–Kier alpha value is -2.24. The van der Waals surface area contributed by atoms with E-state index in [4.69, 9.17) is 0 Å². The van der Waals surface area contributed by atoms with Gasteiger partial charge in [0, 0.05) is 6.42 Å². The lowest BCUT2D eigenvalue weighted by Gasteiger charge is -2.05. The van der Waals surface area contributed by atoms with Gasteiger partial charge in [0.05, 0.1) is 12.2 Å². The van der Waals surface area contributed by atoms with Gasteiger partial charge in [0.2, 0.25) is 5.91 Å². The molecule has 2 rings (SSSR count). The van der Waals surface area contributed by atoms with Crippen LogP contribution in [0.2, 0.25) is 0 Å². The zero-order valence-corrected chi connectivity index (χ0v) is 10.9. The fourth-order valence-corrected chi connectivity index (χ4v) is 1.69. The first-order valence-corrected chi connectivity index (χ1v) is 6.40. The average Bonchev–Trinajstić information content (AvgIpc) is 2.92. The Morgan fingerprint density at radius 3 is 2.84 bits per heavy atom. The van der Waals surface area contributed by atoms with E-state index in [2.05, 4.69) is 27.8 Å². The molecule has 0 saturated carbocycles. The minimum atomic E-state index is 0.0319. The lowest BCUT2D eigenvalue weighted by Crippen LogP contribution is -2.24. The maximum Gasteiger partial charge on any atom is 0.220 e. The van der Waals surface area contributed by atoms with Gasteiger partial charge >= 0.3 is 0 Å². The van der Waals surface area contributed by atoms with Gasteiger partial charge in [-0.25, -0.2) is 0 Å². The zero-order valence-electron chi connectivity index (χ0n) is 10.9. The average molecular weight is 259 g/mol. The lowest BCUT2D eigenvalue weighted by molar-refractivity contribution is -0.121. The molecule has 0 aliphatic carbocycles. The topological polar surface area (TPSA) is 72.7 Å². The summed E-state index contributed by atoms with van der Waals surface area (Å²) < 4.78 is 1.63. The molecule has 0 fully saturated rings. The van der Waals surface area contributed by atoms with Gasteiger partial charge in [-0.15, -0.1) is 5.10 Å². The van der Waals surface area contributed by atoms with E-state index in [0.29, 0.717) is 18.8 Å². The van der Waals surface area contributed by atoms with Crippen LogP contribution in [0.1, 0.15) is 32.0 Å². The van der Waals surface area contributed by atoms with Gasteiger partial charge in [-0.1, -0.05) is 31.5 Å². The number of aromatic nitrogens is 4. The first-order valence-electron chi connectivity index (χ1n) is 6.40. The summed E-state index contributed by atoms with van der Waals surface area (Å²) in [5.74, 6) is 0.653. The third-order valence-electron chi connectivity index (χ3n) is 2.74. The molecule has 100 valence electrons. The summed E-state index contributed by atoms with van der Waals surface area (Å²) in [5.41, 5.74) is 0.880. The molecule has 0 saturated heterocycles. The molecule has 0 aliphatic rings. The molecule has 0 unspecified atom stereocenters. The van der Waals surface area contributed by atoms with Crippen molar-refractivity contribution < 1.29 is 4.79 Å². The molecule has 1 heterocycles. The van der Waals surface area contributed by atoms with E-state index in [1.165, 1.54) is 0 Å². The third-order valence-corrected chi connectivity index (χ3v) is 2.74. The molecule has 0 atom stereocenters. The summed E-state index contributed by atoms with van der Waals surface area (Å²) in [4.78, 5) is 11.6. The Bertz CT molecular complexity index is 523. The Morgan fingerprint density at radius 1 is 1.32 bits per heavy atom. The van der Waals surface area contributed by atoms with Gasteiger partial charge in [-0.3, -0.25) is 4.79 Å². The van der Waals surface area contributed by atoms with Crippen molar-refractivity contribution in [1.82, 2.24) is 25.5 Å². The quantitative estimate of drug-likeness (QED) is 0.852. The number of tetrazole rings is 1. The van der Waals surface area contributed by atoms with Gasteiger partial charge in [0.15, 0.2) is 5.82 Å². The van der Waals surface area contributed by atoms with Crippen molar-refractivity contribution in [2.24, 2.45) is 0 Å². The van der Waals surface area contributed by atoms with Gasteiger partial charge in [0.1, 0.15) is 0 Å². The number of rotatable bonds is 6. The molecule has 1 amide bonds. The van der Waals surface area contributed by atoms with E-state index < -0.39 is 0 Å². The first kappa shape index (κ1) is 13.2. The van der Waals surface area contributed by atoms with Crippen molar-refractivity contribution in [3.8, 4) is 5.69 Å². The fraction of sp³-hybridized carbons (Fsp3) is 0.385. The van der Waals surface area contributed by atoms with Crippen LogP contribution < -0.4 is 5.32 Å². The van der Waals surface area contributed by atoms with Crippen LogP contribution in [-0.4, -0.2) is 26.1 Å². The normalized spacial score (nSPS) is 10.4. The van der Waals surface area contributed by atoms with E-state index in [1.54, 1.807) is 4.68 Å². The lowest BCUT2D eigenvalue weighted by atomic mass is 10.2. The van der Waals surface area contributed by atoms with Gasteiger partial charge in [-0.05, 0) is 29.0 Å². The van der Waals surface area contributed by atoms with Crippen molar-refractivity contribution in [3.05, 3.63) is 36.2 Å². The van der Waals surface area contributed by atoms with Crippen LogP contribution in [-0.2, 0) is 11.3 Å². The molecular weight excluding hydrogens is 242 g/mol. The SMILES string of the molecule is CCCCC(=O)NCc1nnnn1-c1ccccc1. The number of carbonyl (C=O) groups is 1. The summed E-state index contributed by atoms with van der Waals surface area (Å²) in [7, 11) is 0. The summed E-state index contributed by atoms with van der Waals surface area (Å²) in [6, 6.07) is 9.60. The van der Waals surface area contributed by atoms with Gasteiger partial charge in [-0.2, -0.15) is 4.68 Å². The molecule has 1 aromatic carbocycles. The molecule has 6 nitrogen and oxygen atoms in total. The minimum absolute atomic E-state index is 0.0319. The largest absolute Gasteiger partial charge is 0.349 e. The van der Waals surface area contributed by atoms with Gasteiger partial charge in [0.25, 0.3) is 0 Å². The first-order chi connectivity index (χ1) is 9.31. The molecule has 1 aromatic heterocycles. The number of benzene rings is 1. The van der Waals surface area contributed by atoms with Gasteiger partial charge < -0.3 is 5.32 Å². The summed E-state index contributed by atoms with van der Waals surface area (Å²) in [5, 5.41) is 14.3. The van der Waals surface area contributed by atoms with Crippen LogP contribution in [0.15, 0.2) is 30.3 Å². The standard InChI is InChI=1S/C13H17N5O/c1-2-3-9-13(19)14-10-12-15-16-17-18(12)11-7-5-4-6-8-11/h4-8H,2-3,9-10H2,1H3,(H,14,19). The predicted octanol–water partition coefficient (Wildman–Crippen LogP) is 1.47. The minimum Gasteiger partial charge on any atom is -0.349 e. The molecule has 6 heteroatoms. The fourth-order valence-electron chi connectivity index (χ4n) is 1.69. The smallest absolute Gasteiger partial charge is 0.220 e. The maximum atomic E-state index is 11.6. The van der Waals surface area contributed by atoms with Crippen LogP contribution in [0.3, 0.4) is 0 Å². The van der Waals surface area contributed by atoms with E-state index in [-0.39, 0.29) is 5.91 Å². The Balaban J connectivity index is 1.99. The Kier molecular flexibility index (Phi) is 4.60. The second-order valence-corrected chi connectivity index (χ2v) is 4.22. The Labute approximate surface area is 111 Å². The van der Waals surface area contributed by atoms with E-state index in [0.717, 1.165) is 18.5 Å². The predicted molar refractivity (Wildman–Crippen MR) is 70.5 cm³/mol. The number of nitrogens with zero attached hydrogens (tertiary/aromatic N) is 4. The monoisotopic (exact) mass is 259 g/mol. The second-order valence-electron chi connectivity index (χ2n) is 4.22. The number of amides is 1. The summed E-state index contributed by atoms with van der Waals surface area (Å²) in [6.07, 6.45) is 2.45. The molecule has 0 spiro atoms. The van der Waals surface area contributed by atoms with Crippen molar-refractivity contribution in [1.29, 1.82) is 0 Å². The van der Waals surface area contributed by atoms with Crippen molar-refractivity contribution >= 4 is 5.91 Å². The molecule has 0 radical (unpaired) electrons. The van der Waals surface area contributed by atoms with E-state index in [9.17, 15) is 4.79 Å². The number of carbonyl (C=O) groups excluding carboxylic acids is 1. The highest BCUT2D eigenvalue weighted by atomic mass is 16.1. The molecule has 0 bridgehead atoms. The van der Waals surface area contributed by atoms with Crippen molar-refractivity contribution in [3.63, 3.8) is 0 Å². The van der Waals surface area contributed by atoms with Crippen LogP contribution in [0.5, 0.6) is 0 Å². The molecule has 19 heavy (non-hydrogen) atoms. The number of hydrogen-bond acceptors (Lipinski definition) is 4. The van der Waals surface area contributed by atoms with E-state index >= 15 is 0 Å². The maximum absolute atomic E-state index is 11.6. The number of nitrogens with one attached hydrogen (secondary N) is 1. The zero-order chi connectivity index (χ0) is 13.5. The molecule has 0 aliphatic heterocycles. The molecule has 2 aromatic rings. The van der Waals surface area contributed by atoms with Crippen LogP contribution in [0.4, 0.5) is 0 Å². The van der Waals surface area contributed by atoms with Crippen molar-refractivity contribution in [2.45, 2.75) is 32.7 Å². The highest BCUT2D eigenvalue weighted by Crippen LogP contribution is 2.06. The number of unbranched alkanes of at least 4 members (excludes halogenated alkanes) is 1. The van der Waals surface area contributed by atoms with Crippen LogP contribution >= 0.6 is 0 Å². The number of para-hydroxylation sites is 1. The summed E-state index contributed by atoms with van der Waals surface area (Å²) >= 11 is 0. The van der Waals surface area contributed by atoms with Crippen LogP contribution in [0.25, 0.3) is 5.69 Å². The van der Waals surface area contributed by atoms with E-state index in [1.807, 2.05) is 30.3 Å².